The van der Waals surface area contributed by atoms with E-state index >= 15 is 0 Å². The minimum Gasteiger partial charge on any atom is -0.479 e. The SMILES string of the molecule is N#Cc1ccc(S[C@H]2SC[C@@H](O[C@@H]3O[C@H](C(=O)O)[C@@H](O)[C@H](O)[C@H]3O)[C@@H](O)[C@H]2O)cc1. The van der Waals surface area contributed by atoms with Gasteiger partial charge in [0.15, 0.2) is 12.4 Å². The molecular formula is C18H21NO9S2. The van der Waals surface area contributed by atoms with E-state index in [-0.39, 0.29) is 5.75 Å². The number of aliphatic hydroxyl groups excluding tert-OH is 5. The normalized spacial score (nSPS) is 39.3. The molecule has 1 aromatic carbocycles. The maximum absolute atomic E-state index is 11.2. The van der Waals surface area contributed by atoms with Gasteiger partial charge in [0.05, 0.1) is 22.3 Å². The number of nitriles is 1. The Kier molecular flexibility index (Phi) is 7.61. The number of hydrogen-bond donors (Lipinski definition) is 6. The number of ether oxygens (including phenoxy) is 2. The van der Waals surface area contributed by atoms with Crippen LogP contribution in [0.1, 0.15) is 5.56 Å². The molecule has 0 saturated carbocycles. The first kappa shape index (κ1) is 23.3. The van der Waals surface area contributed by atoms with Gasteiger partial charge >= 0.3 is 5.97 Å². The van der Waals surface area contributed by atoms with Crippen molar-refractivity contribution in [2.45, 2.75) is 58.5 Å². The lowest BCUT2D eigenvalue weighted by Gasteiger charge is -2.42. The number of carboxylic acid groups (broad SMARTS) is 1. The fourth-order valence-electron chi connectivity index (χ4n) is 3.07. The monoisotopic (exact) mass is 459 g/mol. The number of thioether (sulfide) groups is 2. The van der Waals surface area contributed by atoms with E-state index in [2.05, 4.69) is 0 Å². The average molecular weight is 459 g/mol. The molecule has 2 saturated heterocycles. The van der Waals surface area contributed by atoms with Gasteiger partial charge in [0.2, 0.25) is 0 Å². The third-order valence-corrected chi connectivity index (χ3v) is 7.67. The Labute approximate surface area is 180 Å². The van der Waals surface area contributed by atoms with Crippen molar-refractivity contribution in [3.05, 3.63) is 29.8 Å². The van der Waals surface area contributed by atoms with Crippen molar-refractivity contribution >= 4 is 29.5 Å². The lowest BCUT2D eigenvalue weighted by atomic mass is 9.99. The molecule has 2 aliphatic heterocycles. The van der Waals surface area contributed by atoms with E-state index in [9.17, 15) is 30.3 Å². The first-order valence-electron chi connectivity index (χ1n) is 8.95. The molecule has 1 aromatic rings. The topological polar surface area (TPSA) is 181 Å². The largest absolute Gasteiger partial charge is 0.479 e. The molecule has 0 unspecified atom stereocenters. The maximum Gasteiger partial charge on any atom is 0.335 e. The van der Waals surface area contributed by atoms with Gasteiger partial charge in [-0.2, -0.15) is 5.26 Å². The average Bonchev–Trinajstić information content (AvgIpc) is 2.73. The highest BCUT2D eigenvalue weighted by Gasteiger charge is 2.49. The first-order valence-corrected chi connectivity index (χ1v) is 10.9. The van der Waals surface area contributed by atoms with Crippen LogP contribution in [-0.4, -0.2) is 96.0 Å². The number of nitrogens with zero attached hydrogens (tertiary/aromatic N) is 1. The second-order valence-corrected chi connectivity index (χ2v) is 9.53. The molecule has 10 nitrogen and oxygen atoms in total. The molecule has 0 bridgehead atoms. The molecule has 12 heteroatoms. The van der Waals surface area contributed by atoms with Crippen molar-refractivity contribution in [3.63, 3.8) is 0 Å². The van der Waals surface area contributed by atoms with Crippen LogP contribution < -0.4 is 0 Å². The first-order chi connectivity index (χ1) is 14.2. The predicted octanol–water partition coefficient (Wildman–Crippen LogP) is -1.28. The minimum absolute atomic E-state index is 0.190. The number of carbonyl (C=O) groups is 1. The summed E-state index contributed by atoms with van der Waals surface area (Å²) in [6.07, 6.45) is -12.4. The molecule has 164 valence electrons. The molecule has 30 heavy (non-hydrogen) atoms. The van der Waals surface area contributed by atoms with Gasteiger partial charge in [0, 0.05) is 10.6 Å². The van der Waals surface area contributed by atoms with Gasteiger partial charge in [-0.1, -0.05) is 0 Å². The van der Waals surface area contributed by atoms with E-state index in [0.29, 0.717) is 5.56 Å². The number of aliphatic hydroxyl groups is 5. The fourth-order valence-corrected chi connectivity index (χ4v) is 5.79. The van der Waals surface area contributed by atoms with E-state index in [4.69, 9.17) is 19.8 Å². The van der Waals surface area contributed by atoms with Crippen LogP contribution in [0.5, 0.6) is 0 Å². The standard InChI is InChI=1S/C18H21NO9S2/c19-5-7-1-3-8(4-2-7)30-18-14(24)10(20)9(6-29-18)27-17-13(23)11(21)12(22)15(28-17)16(25)26/h1-4,9-15,17-18,20-24H,6H2,(H,25,26)/t9-,10-,11+,12+,13-,14-,15+,17-,18-/m1/s1. The fraction of sp³-hybridized carbons (Fsp3) is 0.556. The molecule has 3 rings (SSSR count). The van der Waals surface area contributed by atoms with Crippen LogP contribution in [0.15, 0.2) is 29.2 Å². The molecule has 0 radical (unpaired) electrons. The predicted molar refractivity (Wildman–Crippen MR) is 104 cm³/mol. The summed E-state index contributed by atoms with van der Waals surface area (Å²) in [5, 5.41) is 68.5. The van der Waals surface area contributed by atoms with Crippen LogP contribution in [0, 0.1) is 11.3 Å². The molecule has 0 aliphatic carbocycles. The summed E-state index contributed by atoms with van der Waals surface area (Å²) in [4.78, 5) is 12.0. The lowest BCUT2D eigenvalue weighted by Crippen LogP contribution is -2.62. The molecule has 0 aromatic heterocycles. The summed E-state index contributed by atoms with van der Waals surface area (Å²) >= 11 is 2.59. The highest BCUT2D eigenvalue weighted by atomic mass is 32.2. The zero-order valence-corrected chi connectivity index (χ0v) is 17.0. The summed E-state index contributed by atoms with van der Waals surface area (Å²) in [6, 6.07) is 8.77. The van der Waals surface area contributed by atoms with Crippen molar-refractivity contribution in [2.24, 2.45) is 0 Å². The Morgan fingerprint density at radius 3 is 2.33 bits per heavy atom. The molecule has 2 heterocycles. The van der Waals surface area contributed by atoms with Gasteiger partial charge in [-0.05, 0) is 24.3 Å². The van der Waals surface area contributed by atoms with Gasteiger partial charge in [-0.25, -0.2) is 4.79 Å². The minimum atomic E-state index is -1.85. The zero-order valence-electron chi connectivity index (χ0n) is 15.4. The van der Waals surface area contributed by atoms with Crippen LogP contribution in [0.3, 0.4) is 0 Å². The summed E-state index contributed by atoms with van der Waals surface area (Å²) in [6.45, 7) is 0. The second kappa shape index (κ2) is 9.82. The number of benzene rings is 1. The van der Waals surface area contributed by atoms with Gasteiger partial charge in [0.1, 0.15) is 30.5 Å². The molecule has 2 fully saturated rings. The molecule has 0 amide bonds. The number of aliphatic carboxylic acids is 1. The Balaban J connectivity index is 1.62. The van der Waals surface area contributed by atoms with Crippen LogP contribution >= 0.6 is 23.5 Å². The van der Waals surface area contributed by atoms with Crippen molar-refractivity contribution in [2.75, 3.05) is 5.75 Å². The molecule has 2 aliphatic rings. The Morgan fingerprint density at radius 1 is 1.07 bits per heavy atom. The Morgan fingerprint density at radius 2 is 1.73 bits per heavy atom. The van der Waals surface area contributed by atoms with Crippen LogP contribution in [0.25, 0.3) is 0 Å². The number of rotatable bonds is 5. The van der Waals surface area contributed by atoms with E-state index in [1.165, 1.54) is 23.5 Å². The summed E-state index contributed by atoms with van der Waals surface area (Å²) in [5.74, 6) is -1.35. The summed E-state index contributed by atoms with van der Waals surface area (Å²) < 4.78 is 10.1. The highest BCUT2D eigenvalue weighted by Crippen LogP contribution is 2.40. The Bertz CT molecular complexity index is 789. The van der Waals surface area contributed by atoms with Crippen LogP contribution in [0.4, 0.5) is 0 Å². The molecule has 6 N–H and O–H groups in total. The third-order valence-electron chi connectivity index (χ3n) is 4.79. The summed E-state index contributed by atoms with van der Waals surface area (Å²) in [5.41, 5.74) is 0.503. The Hall–Kier alpha value is -1.40. The maximum atomic E-state index is 11.2. The van der Waals surface area contributed by atoms with Crippen molar-refractivity contribution in [3.8, 4) is 6.07 Å². The zero-order chi connectivity index (χ0) is 22.0. The van der Waals surface area contributed by atoms with Gasteiger partial charge in [-0.3, -0.25) is 0 Å². The van der Waals surface area contributed by atoms with Crippen LogP contribution in [0.2, 0.25) is 0 Å². The van der Waals surface area contributed by atoms with Crippen molar-refractivity contribution in [1.29, 1.82) is 5.26 Å². The van der Waals surface area contributed by atoms with E-state index in [0.717, 1.165) is 4.90 Å². The highest BCUT2D eigenvalue weighted by molar-refractivity contribution is 8.17. The van der Waals surface area contributed by atoms with Crippen molar-refractivity contribution < 1.29 is 44.9 Å². The van der Waals surface area contributed by atoms with Crippen molar-refractivity contribution in [1.82, 2.24) is 0 Å². The second-order valence-electron chi connectivity index (χ2n) is 6.85. The number of carboxylic acids is 1. The van der Waals surface area contributed by atoms with Gasteiger partial charge in [0.25, 0.3) is 0 Å². The third kappa shape index (κ3) is 4.91. The van der Waals surface area contributed by atoms with Crippen LogP contribution in [-0.2, 0) is 14.3 Å². The molecule has 9 atom stereocenters. The lowest BCUT2D eigenvalue weighted by molar-refractivity contribution is -0.310. The van der Waals surface area contributed by atoms with E-state index < -0.39 is 59.6 Å². The van der Waals surface area contributed by atoms with E-state index in [1.54, 1.807) is 24.3 Å². The van der Waals surface area contributed by atoms with E-state index in [1.807, 2.05) is 6.07 Å². The quantitative estimate of drug-likeness (QED) is 0.307. The van der Waals surface area contributed by atoms with Gasteiger partial charge in [-0.15, -0.1) is 23.5 Å². The number of hydrogen-bond acceptors (Lipinski definition) is 11. The molecule has 0 spiro atoms. The summed E-state index contributed by atoms with van der Waals surface area (Å²) in [7, 11) is 0. The molecular weight excluding hydrogens is 438 g/mol. The smallest absolute Gasteiger partial charge is 0.335 e. The van der Waals surface area contributed by atoms with Gasteiger partial charge < -0.3 is 40.1 Å².